The standard InChI is InChI=1S/C12H12BrNO2.C10H9BrO.2CH4/c1-7(15)14-11-6-5-8-9(12(11)16)3-2-4-10(8)13;11-9-5-1-4-8-7(9)3-2-6-10(8)12;;/h2-4,11H,5-6H2,1H3,(H,14,15);1,4-5H,2-3,6H2;2*1H4. The van der Waals surface area contributed by atoms with Crippen LogP contribution in [0.4, 0.5) is 0 Å². The van der Waals surface area contributed by atoms with Crippen molar-refractivity contribution in [1.82, 2.24) is 5.32 Å². The van der Waals surface area contributed by atoms with E-state index in [-0.39, 0.29) is 38.4 Å². The van der Waals surface area contributed by atoms with Gasteiger partial charge in [0.15, 0.2) is 11.6 Å². The van der Waals surface area contributed by atoms with Crippen LogP contribution in [0.2, 0.25) is 0 Å². The number of rotatable bonds is 1. The number of benzene rings is 2. The number of ketones is 2. The van der Waals surface area contributed by atoms with E-state index >= 15 is 0 Å². The predicted octanol–water partition coefficient (Wildman–Crippen LogP) is 6.32. The number of nitrogens with one attached hydrogen (secondary N) is 1. The molecule has 0 aliphatic heterocycles. The highest BCUT2D eigenvalue weighted by atomic mass is 79.9. The molecule has 0 heterocycles. The fourth-order valence-corrected chi connectivity index (χ4v) is 4.80. The first-order chi connectivity index (χ1) is 13.4. The molecule has 1 atom stereocenters. The Kier molecular flexibility index (Phi) is 10.1. The number of hydrogen-bond donors (Lipinski definition) is 1. The maximum absolute atomic E-state index is 12.1. The molecule has 1 N–H and O–H groups in total. The molecule has 6 heteroatoms. The molecule has 0 fully saturated rings. The highest BCUT2D eigenvalue weighted by Gasteiger charge is 2.28. The molecule has 30 heavy (non-hydrogen) atoms. The van der Waals surface area contributed by atoms with E-state index in [4.69, 9.17) is 0 Å². The Balaban J connectivity index is 0.000000290. The molecule has 162 valence electrons. The minimum atomic E-state index is -0.362. The summed E-state index contributed by atoms with van der Waals surface area (Å²) in [5.41, 5.74) is 3.87. The molecule has 4 nitrogen and oxygen atoms in total. The van der Waals surface area contributed by atoms with Crippen LogP contribution in [0.15, 0.2) is 45.3 Å². The van der Waals surface area contributed by atoms with E-state index in [1.807, 2.05) is 36.4 Å². The summed E-state index contributed by atoms with van der Waals surface area (Å²) in [7, 11) is 0. The van der Waals surface area contributed by atoms with Crippen molar-refractivity contribution in [2.75, 3.05) is 0 Å². The molecule has 0 aromatic heterocycles. The summed E-state index contributed by atoms with van der Waals surface area (Å²) in [5, 5.41) is 2.69. The summed E-state index contributed by atoms with van der Waals surface area (Å²) < 4.78 is 2.05. The Morgan fingerprint density at radius 1 is 0.900 bits per heavy atom. The second-order valence-corrected chi connectivity index (χ2v) is 8.67. The summed E-state index contributed by atoms with van der Waals surface area (Å²) in [4.78, 5) is 34.4. The monoisotopic (exact) mass is 537 g/mol. The highest BCUT2D eigenvalue weighted by Crippen LogP contribution is 2.28. The van der Waals surface area contributed by atoms with E-state index in [9.17, 15) is 14.4 Å². The van der Waals surface area contributed by atoms with Crippen LogP contribution in [-0.2, 0) is 17.6 Å². The molecule has 4 rings (SSSR count). The zero-order valence-corrected chi connectivity index (χ0v) is 18.7. The second kappa shape index (κ2) is 11.6. The van der Waals surface area contributed by atoms with Crippen molar-refractivity contribution >= 4 is 49.3 Å². The van der Waals surface area contributed by atoms with Gasteiger partial charge in [-0.15, -0.1) is 0 Å². The molecule has 2 aromatic rings. The number of carbonyl (C=O) groups excluding carboxylic acids is 3. The lowest BCUT2D eigenvalue weighted by molar-refractivity contribution is -0.119. The van der Waals surface area contributed by atoms with Crippen LogP contribution in [0.5, 0.6) is 0 Å². The van der Waals surface area contributed by atoms with Crippen molar-refractivity contribution in [3.63, 3.8) is 0 Å². The Labute approximate surface area is 196 Å². The van der Waals surface area contributed by atoms with Crippen LogP contribution in [0.3, 0.4) is 0 Å². The fourth-order valence-electron chi connectivity index (χ4n) is 3.67. The maximum atomic E-state index is 12.1. The smallest absolute Gasteiger partial charge is 0.217 e. The summed E-state index contributed by atoms with van der Waals surface area (Å²) >= 11 is 6.90. The molecular weight excluding hydrogens is 510 g/mol. The van der Waals surface area contributed by atoms with Crippen LogP contribution >= 0.6 is 31.9 Å². The number of Topliss-reactive ketones (excluding diaryl/α,β-unsaturated/α-hetero) is 2. The van der Waals surface area contributed by atoms with Crippen LogP contribution in [0.1, 0.15) is 72.9 Å². The molecule has 0 saturated carbocycles. The first kappa shape index (κ1) is 26.2. The number of hydrogen-bond acceptors (Lipinski definition) is 3. The van der Waals surface area contributed by atoms with Crippen molar-refractivity contribution in [3.8, 4) is 0 Å². The Morgan fingerprint density at radius 2 is 1.47 bits per heavy atom. The van der Waals surface area contributed by atoms with E-state index in [1.165, 1.54) is 12.5 Å². The first-order valence-electron chi connectivity index (χ1n) is 9.27. The van der Waals surface area contributed by atoms with Gasteiger partial charge in [0.2, 0.25) is 5.91 Å². The van der Waals surface area contributed by atoms with Gasteiger partial charge in [-0.2, -0.15) is 0 Å². The van der Waals surface area contributed by atoms with Gasteiger partial charge >= 0.3 is 0 Å². The van der Waals surface area contributed by atoms with Gasteiger partial charge in [-0.25, -0.2) is 0 Å². The zero-order valence-electron chi connectivity index (χ0n) is 15.6. The SMILES string of the molecule is C.C.CC(=O)NC1CCc2c(Br)cccc2C1=O.O=C1CCCc2c(Br)cccc21. The summed E-state index contributed by atoms with van der Waals surface area (Å²) in [6.07, 6.45) is 4.22. The minimum absolute atomic E-state index is 0. The molecule has 2 aliphatic rings. The normalized spacial score (nSPS) is 16.6. The van der Waals surface area contributed by atoms with Crippen molar-refractivity contribution in [2.24, 2.45) is 0 Å². The topological polar surface area (TPSA) is 63.2 Å². The molecule has 2 aromatic carbocycles. The van der Waals surface area contributed by atoms with Gasteiger partial charge in [0.25, 0.3) is 0 Å². The Morgan fingerprint density at radius 3 is 2.03 bits per heavy atom. The largest absolute Gasteiger partial charge is 0.346 e. The van der Waals surface area contributed by atoms with Gasteiger partial charge in [0.1, 0.15) is 0 Å². The van der Waals surface area contributed by atoms with Crippen molar-refractivity contribution in [1.29, 1.82) is 0 Å². The van der Waals surface area contributed by atoms with Crippen LogP contribution < -0.4 is 5.32 Å². The van der Waals surface area contributed by atoms with Gasteiger partial charge in [0, 0.05) is 33.4 Å². The number of fused-ring (bicyclic) bond motifs is 2. The fraction of sp³-hybridized carbons (Fsp3) is 0.375. The molecule has 1 amide bonds. The lowest BCUT2D eigenvalue weighted by Crippen LogP contribution is -2.42. The quantitative estimate of drug-likeness (QED) is 0.461. The molecule has 2 aliphatic carbocycles. The third kappa shape index (κ3) is 5.88. The van der Waals surface area contributed by atoms with Gasteiger partial charge in [-0.3, -0.25) is 14.4 Å². The van der Waals surface area contributed by atoms with Crippen molar-refractivity contribution in [3.05, 3.63) is 67.6 Å². The molecule has 0 radical (unpaired) electrons. The lowest BCUT2D eigenvalue weighted by Gasteiger charge is -2.24. The van der Waals surface area contributed by atoms with Crippen molar-refractivity contribution in [2.45, 2.75) is 59.9 Å². The average Bonchev–Trinajstić information content (AvgIpc) is 2.66. The summed E-state index contributed by atoms with van der Waals surface area (Å²) in [6, 6.07) is 11.1. The molecular formula is C24H29Br2NO3. The van der Waals surface area contributed by atoms with E-state index in [0.717, 1.165) is 44.9 Å². The van der Waals surface area contributed by atoms with Crippen LogP contribution in [-0.4, -0.2) is 23.5 Å². The van der Waals surface area contributed by atoms with Crippen LogP contribution in [0.25, 0.3) is 0 Å². The van der Waals surface area contributed by atoms with E-state index in [1.54, 1.807) is 0 Å². The first-order valence-corrected chi connectivity index (χ1v) is 10.9. The summed E-state index contributed by atoms with van der Waals surface area (Å²) in [5.74, 6) is 0.145. The zero-order chi connectivity index (χ0) is 20.3. The second-order valence-electron chi connectivity index (χ2n) is 6.96. The van der Waals surface area contributed by atoms with E-state index in [0.29, 0.717) is 12.8 Å². The predicted molar refractivity (Wildman–Crippen MR) is 129 cm³/mol. The number of halogens is 2. The third-order valence-corrected chi connectivity index (χ3v) is 6.50. The Hall–Kier alpha value is -1.79. The van der Waals surface area contributed by atoms with Crippen molar-refractivity contribution < 1.29 is 14.4 Å². The van der Waals surface area contributed by atoms with Gasteiger partial charge < -0.3 is 5.32 Å². The number of amides is 1. The van der Waals surface area contributed by atoms with E-state index < -0.39 is 0 Å². The molecule has 0 bridgehead atoms. The Bertz CT molecular complexity index is 940. The van der Waals surface area contributed by atoms with Gasteiger partial charge in [0.05, 0.1) is 6.04 Å². The molecule has 1 unspecified atom stereocenters. The number of carbonyl (C=O) groups is 3. The van der Waals surface area contributed by atoms with Gasteiger partial charge in [-0.05, 0) is 48.9 Å². The third-order valence-electron chi connectivity index (χ3n) is 5.01. The molecule has 0 saturated heterocycles. The molecule has 0 spiro atoms. The average molecular weight is 539 g/mol. The highest BCUT2D eigenvalue weighted by molar-refractivity contribution is 9.10. The summed E-state index contributed by atoms with van der Waals surface area (Å²) in [6.45, 7) is 1.43. The lowest BCUT2D eigenvalue weighted by atomic mass is 9.87. The van der Waals surface area contributed by atoms with E-state index in [2.05, 4.69) is 37.2 Å². The maximum Gasteiger partial charge on any atom is 0.217 e. The van der Waals surface area contributed by atoms with Crippen LogP contribution in [0, 0.1) is 0 Å². The minimum Gasteiger partial charge on any atom is -0.346 e. The van der Waals surface area contributed by atoms with Gasteiger partial charge in [-0.1, -0.05) is 71.0 Å².